The maximum Gasteiger partial charge on any atom is 0.405 e. The number of amides is 2. The van der Waals surface area contributed by atoms with Crippen LogP contribution in [0, 0.1) is 19.8 Å². The van der Waals surface area contributed by atoms with Crippen molar-refractivity contribution in [3.05, 3.63) is 35.7 Å². The molecule has 192 valence electrons. The second kappa shape index (κ2) is 11.9. The monoisotopic (exact) mass is 500 g/mol. The molecule has 8 nitrogen and oxygen atoms in total. The zero-order chi connectivity index (χ0) is 25.6. The summed E-state index contributed by atoms with van der Waals surface area (Å²) in [6.45, 7) is 12.2. The van der Waals surface area contributed by atoms with Crippen LogP contribution in [0.5, 0.6) is 0 Å². The Hall–Kier alpha value is -2.65. The molecule has 1 aliphatic rings. The number of carboxylic acid groups (broad SMARTS) is 1. The smallest absolute Gasteiger partial charge is 0.405 e. The van der Waals surface area contributed by atoms with Crippen molar-refractivity contribution >= 4 is 25.8 Å². The van der Waals surface area contributed by atoms with Gasteiger partial charge in [-0.15, -0.1) is 0 Å². The summed E-state index contributed by atoms with van der Waals surface area (Å²) < 4.78 is 7.78. The molecular formula is C26H40N4O4Si. The molecular weight excluding hydrogens is 460 g/mol. The molecule has 1 heterocycles. The van der Waals surface area contributed by atoms with Gasteiger partial charge in [-0.1, -0.05) is 51.0 Å². The van der Waals surface area contributed by atoms with Gasteiger partial charge in [0.2, 0.25) is 5.91 Å². The number of hydrogen-bond acceptors (Lipinski definition) is 4. The SMILES string of the molecule is Cc1nn(COCC[Si](C)(C)C)c(C)c1-c1ccc(NC(=O)[C@@H](NC(=O)O)C2CCCCC2)cc1. The van der Waals surface area contributed by atoms with Gasteiger partial charge in [0.15, 0.2) is 0 Å². The molecule has 2 aromatic rings. The van der Waals surface area contributed by atoms with E-state index >= 15 is 0 Å². The number of ether oxygens (including phenoxy) is 1. The van der Waals surface area contributed by atoms with Crippen LogP contribution in [-0.4, -0.2) is 47.6 Å². The fraction of sp³-hybridized carbons (Fsp3) is 0.577. The summed E-state index contributed by atoms with van der Waals surface area (Å²) in [5, 5.41) is 19.2. The van der Waals surface area contributed by atoms with Crippen molar-refractivity contribution in [3.8, 4) is 11.1 Å². The number of aryl methyl sites for hydroxylation is 1. The molecule has 1 fully saturated rings. The number of carbonyl (C=O) groups is 2. The average Bonchev–Trinajstić information content (AvgIpc) is 3.08. The molecule has 1 aromatic heterocycles. The summed E-state index contributed by atoms with van der Waals surface area (Å²) in [4.78, 5) is 24.2. The Labute approximate surface area is 209 Å². The highest BCUT2D eigenvalue weighted by atomic mass is 28.3. The zero-order valence-corrected chi connectivity index (χ0v) is 22.7. The minimum atomic E-state index is -1.17. The van der Waals surface area contributed by atoms with Crippen LogP contribution in [0.4, 0.5) is 10.5 Å². The first-order valence-corrected chi connectivity index (χ1v) is 16.3. The predicted octanol–water partition coefficient (Wildman–Crippen LogP) is 5.63. The van der Waals surface area contributed by atoms with Gasteiger partial charge in [0.1, 0.15) is 12.8 Å². The lowest BCUT2D eigenvalue weighted by atomic mass is 9.83. The molecule has 3 rings (SSSR count). The lowest BCUT2D eigenvalue weighted by Crippen LogP contribution is -2.48. The largest absolute Gasteiger partial charge is 0.465 e. The number of hydrogen-bond donors (Lipinski definition) is 3. The standard InChI is InChI=1S/C26H40N4O4Si/c1-18-23(19(2)30(29-18)17-34-15-16-35(3,4)5)20-11-13-22(14-12-20)27-25(31)24(28-26(32)33)21-9-7-6-8-10-21/h11-14,21,24,28H,6-10,15-17H2,1-5H3,(H,27,31)(H,32,33)/t24-/m0/s1. The van der Waals surface area contributed by atoms with Crippen molar-refractivity contribution < 1.29 is 19.4 Å². The van der Waals surface area contributed by atoms with Crippen LogP contribution >= 0.6 is 0 Å². The van der Waals surface area contributed by atoms with Crippen molar-refractivity contribution in [2.24, 2.45) is 5.92 Å². The molecule has 0 spiro atoms. The summed E-state index contributed by atoms with van der Waals surface area (Å²) >= 11 is 0. The highest BCUT2D eigenvalue weighted by Gasteiger charge is 2.31. The Kier molecular flexibility index (Phi) is 9.13. The summed E-state index contributed by atoms with van der Waals surface area (Å²) in [6.07, 6.45) is 3.75. The highest BCUT2D eigenvalue weighted by Crippen LogP contribution is 2.29. The Morgan fingerprint density at radius 3 is 2.40 bits per heavy atom. The van der Waals surface area contributed by atoms with Crippen LogP contribution in [0.3, 0.4) is 0 Å². The fourth-order valence-electron chi connectivity index (χ4n) is 4.71. The van der Waals surface area contributed by atoms with Crippen LogP contribution in [0.2, 0.25) is 25.7 Å². The number of rotatable bonds is 10. The summed E-state index contributed by atoms with van der Waals surface area (Å²) in [6, 6.07) is 8.01. The minimum Gasteiger partial charge on any atom is -0.465 e. The van der Waals surface area contributed by atoms with Crippen LogP contribution < -0.4 is 10.6 Å². The van der Waals surface area contributed by atoms with Gasteiger partial charge >= 0.3 is 6.09 Å². The summed E-state index contributed by atoms with van der Waals surface area (Å²) in [5.41, 5.74) is 4.68. The Morgan fingerprint density at radius 2 is 1.80 bits per heavy atom. The van der Waals surface area contributed by atoms with E-state index in [9.17, 15) is 14.7 Å². The van der Waals surface area contributed by atoms with Crippen LogP contribution in [0.25, 0.3) is 11.1 Å². The van der Waals surface area contributed by atoms with Gasteiger partial charge in [-0.2, -0.15) is 5.10 Å². The second-order valence-corrected chi connectivity index (χ2v) is 16.4. The van der Waals surface area contributed by atoms with E-state index in [1.807, 2.05) is 42.8 Å². The lowest BCUT2D eigenvalue weighted by molar-refractivity contribution is -0.119. The van der Waals surface area contributed by atoms with E-state index < -0.39 is 20.2 Å². The molecule has 0 aliphatic heterocycles. The molecule has 0 saturated heterocycles. The molecule has 0 bridgehead atoms. The Morgan fingerprint density at radius 1 is 1.14 bits per heavy atom. The van der Waals surface area contributed by atoms with Gasteiger partial charge in [0.05, 0.1) is 5.69 Å². The van der Waals surface area contributed by atoms with Crippen molar-refractivity contribution in [1.29, 1.82) is 0 Å². The Balaban J connectivity index is 1.66. The number of nitrogens with one attached hydrogen (secondary N) is 2. The molecule has 9 heteroatoms. The molecule has 1 aliphatic carbocycles. The first kappa shape index (κ1) is 26.9. The maximum atomic E-state index is 12.9. The van der Waals surface area contributed by atoms with Crippen LogP contribution in [0.1, 0.15) is 43.5 Å². The topological polar surface area (TPSA) is 105 Å². The van der Waals surface area contributed by atoms with Gasteiger partial charge < -0.3 is 20.5 Å². The van der Waals surface area contributed by atoms with Crippen molar-refractivity contribution in [1.82, 2.24) is 15.1 Å². The number of nitrogens with zero attached hydrogens (tertiary/aromatic N) is 2. The van der Waals surface area contributed by atoms with Gasteiger partial charge in [-0.3, -0.25) is 4.79 Å². The molecule has 2 amide bonds. The van der Waals surface area contributed by atoms with Crippen molar-refractivity contribution in [2.75, 3.05) is 11.9 Å². The van der Waals surface area contributed by atoms with E-state index in [1.165, 1.54) is 0 Å². The number of aromatic nitrogens is 2. The van der Waals surface area contributed by atoms with Gasteiger partial charge in [0.25, 0.3) is 0 Å². The highest BCUT2D eigenvalue weighted by molar-refractivity contribution is 6.76. The number of benzene rings is 1. The van der Waals surface area contributed by atoms with E-state index in [-0.39, 0.29) is 11.8 Å². The lowest BCUT2D eigenvalue weighted by Gasteiger charge is -2.29. The molecule has 1 atom stereocenters. The van der Waals surface area contributed by atoms with E-state index in [0.717, 1.165) is 67.3 Å². The molecule has 35 heavy (non-hydrogen) atoms. The van der Waals surface area contributed by atoms with E-state index in [4.69, 9.17) is 4.74 Å². The fourth-order valence-corrected chi connectivity index (χ4v) is 5.46. The second-order valence-electron chi connectivity index (χ2n) is 10.8. The number of carbonyl (C=O) groups excluding carboxylic acids is 1. The van der Waals surface area contributed by atoms with E-state index in [2.05, 4.69) is 35.4 Å². The molecule has 1 saturated carbocycles. The quantitative estimate of drug-likeness (QED) is 0.289. The zero-order valence-electron chi connectivity index (χ0n) is 21.7. The molecule has 0 radical (unpaired) electrons. The van der Waals surface area contributed by atoms with Crippen LogP contribution in [0.15, 0.2) is 24.3 Å². The van der Waals surface area contributed by atoms with Gasteiger partial charge in [-0.25, -0.2) is 9.48 Å². The van der Waals surface area contributed by atoms with Gasteiger partial charge in [0, 0.05) is 31.6 Å². The minimum absolute atomic E-state index is 0.0308. The Bertz CT molecular complexity index is 1010. The third kappa shape index (κ3) is 7.67. The van der Waals surface area contributed by atoms with E-state index in [1.54, 1.807) is 0 Å². The number of anilines is 1. The molecule has 1 aromatic carbocycles. The van der Waals surface area contributed by atoms with Crippen LogP contribution in [-0.2, 0) is 16.3 Å². The van der Waals surface area contributed by atoms with Crippen molar-refractivity contribution in [2.45, 2.75) is 84.4 Å². The molecule has 0 unspecified atom stereocenters. The summed E-state index contributed by atoms with van der Waals surface area (Å²) in [7, 11) is -1.13. The maximum absolute atomic E-state index is 12.9. The third-order valence-electron chi connectivity index (χ3n) is 6.72. The predicted molar refractivity (Wildman–Crippen MR) is 141 cm³/mol. The first-order valence-electron chi connectivity index (χ1n) is 12.6. The average molecular weight is 501 g/mol. The summed E-state index contributed by atoms with van der Waals surface area (Å²) in [5.74, 6) is -0.272. The third-order valence-corrected chi connectivity index (χ3v) is 8.42. The molecule has 3 N–H and O–H groups in total. The normalized spacial score (nSPS) is 15.6. The van der Waals surface area contributed by atoms with E-state index in [0.29, 0.717) is 12.4 Å². The van der Waals surface area contributed by atoms with Crippen molar-refractivity contribution in [3.63, 3.8) is 0 Å². The van der Waals surface area contributed by atoms with Gasteiger partial charge in [-0.05, 0) is 56.3 Å². The first-order chi connectivity index (χ1) is 16.5.